The minimum absolute atomic E-state index is 0.106. The zero-order chi connectivity index (χ0) is 12.8. The summed E-state index contributed by atoms with van der Waals surface area (Å²) in [5.41, 5.74) is 5.91. The van der Waals surface area contributed by atoms with Gasteiger partial charge in [0.2, 0.25) is 5.91 Å². The molecule has 0 aliphatic heterocycles. The third-order valence-corrected chi connectivity index (χ3v) is 2.10. The van der Waals surface area contributed by atoms with E-state index in [1.54, 1.807) is 0 Å². The van der Waals surface area contributed by atoms with E-state index in [1.807, 2.05) is 0 Å². The van der Waals surface area contributed by atoms with Crippen LogP contribution in [0.2, 0.25) is 0 Å². The van der Waals surface area contributed by atoms with E-state index in [9.17, 15) is 9.18 Å². The topological polar surface area (TPSA) is 73.6 Å². The Hall–Kier alpha value is -1.66. The predicted molar refractivity (Wildman–Crippen MR) is 61.4 cm³/mol. The SMILES string of the molecule is COCC(N)C(=O)Nc1ccc(F)cc1OC. The van der Waals surface area contributed by atoms with Gasteiger partial charge in [-0.25, -0.2) is 4.39 Å². The van der Waals surface area contributed by atoms with Gasteiger partial charge in [-0.1, -0.05) is 0 Å². The van der Waals surface area contributed by atoms with Gasteiger partial charge in [-0.3, -0.25) is 4.79 Å². The fourth-order valence-corrected chi connectivity index (χ4v) is 1.25. The van der Waals surface area contributed by atoms with E-state index in [0.29, 0.717) is 5.69 Å². The van der Waals surface area contributed by atoms with Crippen LogP contribution in [0.15, 0.2) is 18.2 Å². The van der Waals surface area contributed by atoms with Crippen LogP contribution in [-0.4, -0.2) is 32.8 Å². The van der Waals surface area contributed by atoms with Gasteiger partial charge in [-0.15, -0.1) is 0 Å². The molecule has 5 nitrogen and oxygen atoms in total. The van der Waals surface area contributed by atoms with E-state index in [1.165, 1.54) is 32.4 Å². The summed E-state index contributed by atoms with van der Waals surface area (Å²) in [7, 11) is 2.84. The van der Waals surface area contributed by atoms with Crippen molar-refractivity contribution in [1.29, 1.82) is 0 Å². The second kappa shape index (κ2) is 6.17. The van der Waals surface area contributed by atoms with Gasteiger partial charge in [-0.2, -0.15) is 0 Å². The lowest BCUT2D eigenvalue weighted by molar-refractivity contribution is -0.118. The normalized spacial score (nSPS) is 12.0. The number of amides is 1. The van der Waals surface area contributed by atoms with E-state index in [-0.39, 0.29) is 12.4 Å². The first kappa shape index (κ1) is 13.4. The van der Waals surface area contributed by atoms with Crippen molar-refractivity contribution >= 4 is 11.6 Å². The summed E-state index contributed by atoms with van der Waals surface area (Å²) in [5, 5.41) is 2.54. The predicted octanol–water partition coefficient (Wildman–Crippen LogP) is 0.746. The zero-order valence-corrected chi connectivity index (χ0v) is 9.70. The van der Waals surface area contributed by atoms with Crippen molar-refractivity contribution in [2.45, 2.75) is 6.04 Å². The Bertz CT molecular complexity index is 398. The standard InChI is InChI=1S/C11H15FN2O3/c1-16-6-8(13)11(15)14-9-4-3-7(12)5-10(9)17-2/h3-5,8H,6,13H2,1-2H3,(H,14,15). The number of hydrogen-bond donors (Lipinski definition) is 2. The van der Waals surface area contributed by atoms with Gasteiger partial charge in [0.05, 0.1) is 19.4 Å². The maximum absolute atomic E-state index is 12.9. The summed E-state index contributed by atoms with van der Waals surface area (Å²) in [6, 6.07) is 3.03. The number of nitrogens with one attached hydrogen (secondary N) is 1. The van der Waals surface area contributed by atoms with Crippen LogP contribution in [0.1, 0.15) is 0 Å². The second-order valence-corrected chi connectivity index (χ2v) is 3.40. The van der Waals surface area contributed by atoms with Crippen molar-refractivity contribution in [2.75, 3.05) is 26.1 Å². The Labute approximate surface area is 98.7 Å². The average Bonchev–Trinajstić information content (AvgIpc) is 2.31. The Morgan fingerprint density at radius 2 is 2.24 bits per heavy atom. The maximum atomic E-state index is 12.9. The van der Waals surface area contributed by atoms with Crippen LogP contribution in [0.5, 0.6) is 5.75 Å². The highest BCUT2D eigenvalue weighted by molar-refractivity contribution is 5.96. The molecule has 6 heteroatoms. The third-order valence-electron chi connectivity index (χ3n) is 2.10. The molecule has 0 radical (unpaired) electrons. The van der Waals surface area contributed by atoms with E-state index >= 15 is 0 Å². The molecule has 94 valence electrons. The lowest BCUT2D eigenvalue weighted by Crippen LogP contribution is -2.39. The van der Waals surface area contributed by atoms with Gasteiger partial charge in [-0.05, 0) is 12.1 Å². The van der Waals surface area contributed by atoms with E-state index in [2.05, 4.69) is 5.32 Å². The molecule has 1 atom stereocenters. The molecule has 0 bridgehead atoms. The van der Waals surface area contributed by atoms with Crippen LogP contribution in [0.25, 0.3) is 0 Å². The van der Waals surface area contributed by atoms with Crippen molar-refractivity contribution in [3.05, 3.63) is 24.0 Å². The number of methoxy groups -OCH3 is 2. The summed E-state index contributed by atoms with van der Waals surface area (Å²) < 4.78 is 22.6. The quantitative estimate of drug-likeness (QED) is 0.799. The summed E-state index contributed by atoms with van der Waals surface area (Å²) >= 11 is 0. The zero-order valence-electron chi connectivity index (χ0n) is 9.70. The molecular weight excluding hydrogens is 227 g/mol. The molecule has 1 rings (SSSR count). The molecule has 1 amide bonds. The first-order chi connectivity index (χ1) is 8.08. The van der Waals surface area contributed by atoms with Crippen molar-refractivity contribution in [1.82, 2.24) is 0 Å². The number of halogens is 1. The molecule has 0 heterocycles. The monoisotopic (exact) mass is 242 g/mol. The first-order valence-electron chi connectivity index (χ1n) is 4.97. The van der Waals surface area contributed by atoms with Crippen LogP contribution in [0.4, 0.5) is 10.1 Å². The highest BCUT2D eigenvalue weighted by Crippen LogP contribution is 2.24. The molecule has 0 spiro atoms. The van der Waals surface area contributed by atoms with Crippen molar-refractivity contribution in [3.63, 3.8) is 0 Å². The van der Waals surface area contributed by atoms with Gasteiger partial charge in [0, 0.05) is 13.2 Å². The molecule has 0 fully saturated rings. The van der Waals surface area contributed by atoms with Gasteiger partial charge in [0.15, 0.2) is 0 Å². The highest BCUT2D eigenvalue weighted by atomic mass is 19.1. The maximum Gasteiger partial charge on any atom is 0.243 e. The molecular formula is C11H15FN2O3. The number of rotatable bonds is 5. The molecule has 0 aromatic heterocycles. The molecule has 3 N–H and O–H groups in total. The molecule has 17 heavy (non-hydrogen) atoms. The van der Waals surface area contributed by atoms with E-state index < -0.39 is 17.8 Å². The smallest absolute Gasteiger partial charge is 0.243 e. The number of benzene rings is 1. The second-order valence-electron chi connectivity index (χ2n) is 3.40. The summed E-state index contributed by atoms with van der Waals surface area (Å²) in [5.74, 6) is -0.624. The molecule has 1 aromatic carbocycles. The fraction of sp³-hybridized carbons (Fsp3) is 0.364. The fourth-order valence-electron chi connectivity index (χ4n) is 1.25. The van der Waals surface area contributed by atoms with E-state index in [0.717, 1.165) is 0 Å². The summed E-state index contributed by atoms with van der Waals surface area (Å²) in [6.07, 6.45) is 0. The minimum atomic E-state index is -0.783. The lowest BCUT2D eigenvalue weighted by Gasteiger charge is -2.13. The summed E-state index contributed by atoms with van der Waals surface area (Å²) in [6.45, 7) is 0.106. The van der Waals surface area contributed by atoms with Crippen LogP contribution < -0.4 is 15.8 Å². The van der Waals surface area contributed by atoms with Crippen LogP contribution in [-0.2, 0) is 9.53 Å². The number of ether oxygens (including phenoxy) is 2. The van der Waals surface area contributed by atoms with E-state index in [4.69, 9.17) is 15.2 Å². The molecule has 0 aliphatic rings. The van der Waals surface area contributed by atoms with Gasteiger partial charge in [0.1, 0.15) is 17.6 Å². The molecule has 1 unspecified atom stereocenters. The Balaban J connectivity index is 2.77. The number of anilines is 1. The number of carbonyl (C=O) groups excluding carboxylic acids is 1. The van der Waals surface area contributed by atoms with Gasteiger partial charge >= 0.3 is 0 Å². The molecule has 1 aromatic rings. The molecule has 0 aliphatic carbocycles. The van der Waals surface area contributed by atoms with Crippen molar-refractivity contribution in [3.8, 4) is 5.75 Å². The molecule has 0 saturated heterocycles. The Morgan fingerprint density at radius 3 is 2.82 bits per heavy atom. The summed E-state index contributed by atoms with van der Waals surface area (Å²) in [4.78, 5) is 11.6. The number of carbonyl (C=O) groups is 1. The van der Waals surface area contributed by atoms with Crippen LogP contribution in [0.3, 0.4) is 0 Å². The minimum Gasteiger partial charge on any atom is -0.494 e. The Morgan fingerprint density at radius 1 is 1.53 bits per heavy atom. The van der Waals surface area contributed by atoms with Crippen molar-refractivity contribution in [2.24, 2.45) is 5.73 Å². The first-order valence-corrected chi connectivity index (χ1v) is 4.97. The Kier molecular flexibility index (Phi) is 4.86. The van der Waals surface area contributed by atoms with Crippen molar-refractivity contribution < 1.29 is 18.7 Å². The highest BCUT2D eigenvalue weighted by Gasteiger charge is 2.15. The third kappa shape index (κ3) is 3.69. The largest absolute Gasteiger partial charge is 0.494 e. The lowest BCUT2D eigenvalue weighted by atomic mass is 10.2. The van der Waals surface area contributed by atoms with Crippen LogP contribution >= 0.6 is 0 Å². The van der Waals surface area contributed by atoms with Crippen LogP contribution in [0, 0.1) is 5.82 Å². The average molecular weight is 242 g/mol. The number of hydrogen-bond acceptors (Lipinski definition) is 4. The van der Waals surface area contributed by atoms with Gasteiger partial charge in [0.25, 0.3) is 0 Å². The number of nitrogens with two attached hydrogens (primary N) is 1. The molecule has 0 saturated carbocycles. The van der Waals surface area contributed by atoms with Gasteiger partial charge < -0.3 is 20.5 Å².